The Bertz CT molecular complexity index is 1120. The van der Waals surface area contributed by atoms with Gasteiger partial charge < -0.3 is 39.8 Å². The maximum absolute atomic E-state index is 13.0. The molecule has 0 amide bonds. The number of phenolic OH excluding ortho intramolecular Hbond substituents is 2. The number of aromatic hydroxyl groups is 2. The van der Waals surface area contributed by atoms with Crippen molar-refractivity contribution in [1.29, 1.82) is 0 Å². The summed E-state index contributed by atoms with van der Waals surface area (Å²) < 4.78 is 11.1. The molecule has 0 saturated carbocycles. The molecule has 4 rings (SSSR count). The number of aliphatic hydroxyl groups is 4. The fourth-order valence-corrected chi connectivity index (χ4v) is 3.67. The van der Waals surface area contributed by atoms with Crippen molar-refractivity contribution in [2.45, 2.75) is 30.5 Å². The lowest BCUT2D eigenvalue weighted by atomic mass is 9.89. The lowest BCUT2D eigenvalue weighted by molar-refractivity contribution is -0.231. The summed E-state index contributed by atoms with van der Waals surface area (Å²) in [5.41, 5.74) is 0.150. The Kier molecular flexibility index (Phi) is 5.22. The second kappa shape index (κ2) is 7.71. The zero-order valence-electron chi connectivity index (χ0n) is 15.5. The molecule has 5 atom stereocenters. The topological polar surface area (TPSA) is 161 Å². The number of benzene rings is 2. The van der Waals surface area contributed by atoms with E-state index < -0.39 is 42.6 Å². The highest BCUT2D eigenvalue weighted by Gasteiger charge is 2.45. The van der Waals surface area contributed by atoms with Crippen molar-refractivity contribution in [2.24, 2.45) is 0 Å². The van der Waals surface area contributed by atoms with E-state index in [1.54, 1.807) is 12.1 Å². The van der Waals surface area contributed by atoms with Crippen LogP contribution in [0, 0.1) is 0 Å². The summed E-state index contributed by atoms with van der Waals surface area (Å²) in [5, 5.41) is 59.8. The molecule has 1 aromatic heterocycles. The summed E-state index contributed by atoms with van der Waals surface area (Å²) in [5.74, 6) is -0.314. The molecular formula is C21H20O9. The standard InChI is InChI=1S/C21H20O9/c22-7-14-17(26)18(27)19(28)21(30-14)15-13(24)6-5-11-16(25)12(8-29-20(11)15)9-1-3-10(23)4-2-9/h1-6,8,14,17-19,21-24,26-28H,7H2/t14-,17+,18-,19-,21-/m1/s1. The smallest absolute Gasteiger partial charge is 0.200 e. The van der Waals surface area contributed by atoms with Crippen LogP contribution in [0.4, 0.5) is 0 Å². The molecule has 1 aliphatic rings. The van der Waals surface area contributed by atoms with E-state index in [4.69, 9.17) is 9.15 Å². The van der Waals surface area contributed by atoms with Crippen molar-refractivity contribution in [3.63, 3.8) is 0 Å². The largest absolute Gasteiger partial charge is 0.508 e. The Balaban J connectivity index is 1.87. The molecule has 0 unspecified atom stereocenters. The maximum atomic E-state index is 13.0. The number of hydrogen-bond donors (Lipinski definition) is 6. The lowest BCUT2D eigenvalue weighted by Gasteiger charge is -2.40. The number of ether oxygens (including phenoxy) is 1. The molecule has 30 heavy (non-hydrogen) atoms. The van der Waals surface area contributed by atoms with Crippen LogP contribution < -0.4 is 5.43 Å². The number of aliphatic hydroxyl groups excluding tert-OH is 4. The van der Waals surface area contributed by atoms with Gasteiger partial charge in [-0.25, -0.2) is 0 Å². The normalized spacial score (nSPS) is 26.7. The SMILES string of the molecule is O=c1c(-c2ccc(O)cc2)coc2c([C@H]3O[C@H](CO)[C@H](O)[C@@H](O)[C@H]3O)c(O)ccc12. The molecule has 9 nitrogen and oxygen atoms in total. The molecule has 3 aromatic rings. The Labute approximate surface area is 169 Å². The van der Waals surface area contributed by atoms with Crippen LogP contribution in [0.15, 0.2) is 51.9 Å². The summed E-state index contributed by atoms with van der Waals surface area (Å²) in [6.45, 7) is -0.637. The van der Waals surface area contributed by atoms with E-state index in [0.29, 0.717) is 5.56 Å². The van der Waals surface area contributed by atoms with Gasteiger partial charge >= 0.3 is 0 Å². The van der Waals surface area contributed by atoms with E-state index in [9.17, 15) is 35.4 Å². The van der Waals surface area contributed by atoms with Gasteiger partial charge in [0.25, 0.3) is 0 Å². The Morgan fingerprint density at radius 3 is 2.27 bits per heavy atom. The summed E-state index contributed by atoms with van der Waals surface area (Å²) in [4.78, 5) is 13.0. The van der Waals surface area contributed by atoms with Crippen molar-refractivity contribution in [3.05, 3.63) is 58.4 Å². The Hall–Kier alpha value is -2.95. The Morgan fingerprint density at radius 1 is 0.900 bits per heavy atom. The van der Waals surface area contributed by atoms with Gasteiger partial charge in [0, 0.05) is 0 Å². The molecule has 0 aliphatic carbocycles. The maximum Gasteiger partial charge on any atom is 0.200 e. The van der Waals surface area contributed by atoms with E-state index >= 15 is 0 Å². The average molecular weight is 416 g/mol. The van der Waals surface area contributed by atoms with Gasteiger partial charge in [-0.1, -0.05) is 12.1 Å². The predicted octanol–water partition coefficient (Wildman–Crippen LogP) is 0.386. The summed E-state index contributed by atoms with van der Waals surface area (Å²) in [6, 6.07) is 8.54. The highest BCUT2D eigenvalue weighted by Crippen LogP contribution is 2.40. The molecule has 0 bridgehead atoms. The molecule has 9 heteroatoms. The van der Waals surface area contributed by atoms with Crippen LogP contribution in [-0.4, -0.2) is 61.7 Å². The summed E-state index contributed by atoms with van der Waals surface area (Å²) >= 11 is 0. The van der Waals surface area contributed by atoms with Crippen LogP contribution >= 0.6 is 0 Å². The third-order valence-electron chi connectivity index (χ3n) is 5.31. The first-order chi connectivity index (χ1) is 14.3. The molecule has 2 aromatic carbocycles. The predicted molar refractivity (Wildman–Crippen MR) is 104 cm³/mol. The van der Waals surface area contributed by atoms with E-state index in [0.717, 1.165) is 0 Å². The molecule has 0 radical (unpaired) electrons. The first-order valence-corrected chi connectivity index (χ1v) is 9.20. The molecule has 1 aliphatic heterocycles. The van der Waals surface area contributed by atoms with E-state index in [-0.39, 0.29) is 33.6 Å². The van der Waals surface area contributed by atoms with Gasteiger partial charge in [-0.05, 0) is 29.8 Å². The zero-order chi connectivity index (χ0) is 21.6. The van der Waals surface area contributed by atoms with Gasteiger partial charge in [-0.2, -0.15) is 0 Å². The minimum Gasteiger partial charge on any atom is -0.508 e. The van der Waals surface area contributed by atoms with Crippen LogP contribution in [0.1, 0.15) is 11.7 Å². The van der Waals surface area contributed by atoms with Crippen LogP contribution in [0.2, 0.25) is 0 Å². The first kappa shape index (κ1) is 20.3. The minimum absolute atomic E-state index is 0.0405. The molecule has 2 heterocycles. The van der Waals surface area contributed by atoms with Crippen molar-refractivity contribution in [2.75, 3.05) is 6.61 Å². The fourth-order valence-electron chi connectivity index (χ4n) is 3.67. The summed E-state index contributed by atoms with van der Waals surface area (Å²) in [6.07, 6.45) is -6.24. The number of phenols is 2. The van der Waals surface area contributed by atoms with Crippen molar-refractivity contribution < 1.29 is 39.8 Å². The second-order valence-electron chi connectivity index (χ2n) is 7.15. The second-order valence-corrected chi connectivity index (χ2v) is 7.15. The first-order valence-electron chi connectivity index (χ1n) is 9.20. The molecule has 158 valence electrons. The minimum atomic E-state index is -1.65. The van der Waals surface area contributed by atoms with Crippen LogP contribution in [0.5, 0.6) is 11.5 Å². The van der Waals surface area contributed by atoms with Crippen molar-refractivity contribution >= 4 is 11.0 Å². The van der Waals surface area contributed by atoms with Crippen molar-refractivity contribution in [3.8, 4) is 22.6 Å². The Morgan fingerprint density at radius 2 is 1.60 bits per heavy atom. The quantitative estimate of drug-likeness (QED) is 0.355. The third kappa shape index (κ3) is 3.22. The fraction of sp³-hybridized carbons (Fsp3) is 0.286. The number of hydrogen-bond acceptors (Lipinski definition) is 9. The summed E-state index contributed by atoms with van der Waals surface area (Å²) in [7, 11) is 0. The van der Waals surface area contributed by atoms with Crippen LogP contribution in [0.3, 0.4) is 0 Å². The average Bonchev–Trinajstić information content (AvgIpc) is 2.74. The number of rotatable bonds is 3. The van der Waals surface area contributed by atoms with Crippen LogP contribution in [-0.2, 0) is 4.74 Å². The molecule has 1 fully saturated rings. The monoisotopic (exact) mass is 416 g/mol. The van der Waals surface area contributed by atoms with Crippen LogP contribution in [0.25, 0.3) is 22.1 Å². The van der Waals surface area contributed by atoms with Gasteiger partial charge in [0.2, 0.25) is 5.43 Å². The van der Waals surface area contributed by atoms with E-state index in [1.165, 1.54) is 30.5 Å². The molecule has 0 spiro atoms. The zero-order valence-corrected chi connectivity index (χ0v) is 15.5. The highest BCUT2D eigenvalue weighted by molar-refractivity contribution is 5.86. The third-order valence-corrected chi connectivity index (χ3v) is 5.31. The van der Waals surface area contributed by atoms with E-state index in [2.05, 4.69) is 0 Å². The molecule has 1 saturated heterocycles. The lowest BCUT2D eigenvalue weighted by Crippen LogP contribution is -2.55. The van der Waals surface area contributed by atoms with Gasteiger partial charge in [0.1, 0.15) is 53.9 Å². The van der Waals surface area contributed by atoms with Gasteiger partial charge in [-0.15, -0.1) is 0 Å². The van der Waals surface area contributed by atoms with Crippen molar-refractivity contribution in [1.82, 2.24) is 0 Å². The molecule has 6 N–H and O–H groups in total. The molecular weight excluding hydrogens is 396 g/mol. The van der Waals surface area contributed by atoms with Gasteiger partial charge in [0.05, 0.1) is 23.1 Å². The highest BCUT2D eigenvalue weighted by atomic mass is 16.5. The van der Waals surface area contributed by atoms with Gasteiger partial charge in [0.15, 0.2) is 0 Å². The van der Waals surface area contributed by atoms with E-state index in [1.807, 2.05) is 0 Å². The number of fused-ring (bicyclic) bond motifs is 1. The van der Waals surface area contributed by atoms with Gasteiger partial charge in [-0.3, -0.25) is 4.79 Å².